The Bertz CT molecular complexity index is 569. The molecule has 0 radical (unpaired) electrons. The van der Waals surface area contributed by atoms with Crippen LogP contribution in [0.1, 0.15) is 11.1 Å². The first-order valence-corrected chi connectivity index (χ1v) is 5.05. The summed E-state index contributed by atoms with van der Waals surface area (Å²) in [4.78, 5) is 11.6. The summed E-state index contributed by atoms with van der Waals surface area (Å²) >= 11 is 0. The number of nitrogens with zero attached hydrogens (tertiary/aromatic N) is 2. The van der Waals surface area contributed by atoms with E-state index in [4.69, 9.17) is 0 Å². The van der Waals surface area contributed by atoms with Crippen molar-refractivity contribution in [3.8, 4) is 0 Å². The van der Waals surface area contributed by atoms with E-state index in [-0.39, 0.29) is 11.5 Å². The first kappa shape index (κ1) is 10.7. The van der Waals surface area contributed by atoms with Crippen LogP contribution in [-0.2, 0) is 13.6 Å². The first-order chi connectivity index (χ1) is 7.58. The highest BCUT2D eigenvalue weighted by atomic mass is 19.1. The Kier molecular flexibility index (Phi) is 2.64. The second kappa shape index (κ2) is 3.96. The van der Waals surface area contributed by atoms with Crippen LogP contribution < -0.4 is 5.69 Å². The third-order valence-electron chi connectivity index (χ3n) is 2.67. The topological polar surface area (TPSA) is 26.9 Å². The van der Waals surface area contributed by atoms with Crippen molar-refractivity contribution in [3.63, 3.8) is 0 Å². The summed E-state index contributed by atoms with van der Waals surface area (Å²) in [5, 5.41) is 0. The van der Waals surface area contributed by atoms with Gasteiger partial charge in [-0.2, -0.15) is 0 Å². The highest BCUT2D eigenvalue weighted by Gasteiger charge is 2.04. The molecular formula is C12H13FN2O. The molecule has 84 valence electrons. The van der Waals surface area contributed by atoms with Crippen LogP contribution in [0.15, 0.2) is 35.4 Å². The van der Waals surface area contributed by atoms with Crippen molar-refractivity contribution in [2.45, 2.75) is 13.5 Å². The Morgan fingerprint density at radius 2 is 2.06 bits per heavy atom. The van der Waals surface area contributed by atoms with Gasteiger partial charge in [0.2, 0.25) is 0 Å². The molecule has 2 rings (SSSR count). The number of benzene rings is 1. The molecular weight excluding hydrogens is 207 g/mol. The van der Waals surface area contributed by atoms with Gasteiger partial charge in [-0.15, -0.1) is 0 Å². The van der Waals surface area contributed by atoms with Gasteiger partial charge in [0.1, 0.15) is 5.82 Å². The zero-order valence-electron chi connectivity index (χ0n) is 9.27. The minimum absolute atomic E-state index is 0.0938. The van der Waals surface area contributed by atoms with Gasteiger partial charge in [0.25, 0.3) is 0 Å². The molecule has 0 unspecified atom stereocenters. The van der Waals surface area contributed by atoms with E-state index in [1.807, 2.05) is 6.92 Å². The summed E-state index contributed by atoms with van der Waals surface area (Å²) in [5.41, 5.74) is 1.72. The van der Waals surface area contributed by atoms with Crippen LogP contribution in [0.4, 0.5) is 4.39 Å². The predicted octanol–water partition coefficient (Wildman–Crippen LogP) is 1.68. The molecule has 0 N–H and O–H groups in total. The fourth-order valence-electron chi connectivity index (χ4n) is 1.62. The summed E-state index contributed by atoms with van der Waals surface area (Å²) < 4.78 is 16.1. The van der Waals surface area contributed by atoms with Gasteiger partial charge in [-0.1, -0.05) is 6.07 Å². The van der Waals surface area contributed by atoms with Crippen molar-refractivity contribution < 1.29 is 4.39 Å². The summed E-state index contributed by atoms with van der Waals surface area (Å²) in [6.07, 6.45) is 3.39. The molecule has 0 fully saturated rings. The lowest BCUT2D eigenvalue weighted by Crippen LogP contribution is -2.22. The summed E-state index contributed by atoms with van der Waals surface area (Å²) in [6.45, 7) is 2.31. The molecule has 0 saturated heterocycles. The van der Waals surface area contributed by atoms with E-state index in [9.17, 15) is 9.18 Å². The van der Waals surface area contributed by atoms with E-state index in [0.717, 1.165) is 11.1 Å². The summed E-state index contributed by atoms with van der Waals surface area (Å²) in [6, 6.07) is 4.61. The lowest BCUT2D eigenvalue weighted by Gasteiger charge is -2.06. The molecule has 0 spiro atoms. The molecule has 0 saturated carbocycles. The molecule has 0 aliphatic carbocycles. The van der Waals surface area contributed by atoms with Crippen molar-refractivity contribution in [2.75, 3.05) is 0 Å². The molecule has 1 aromatic carbocycles. The van der Waals surface area contributed by atoms with Gasteiger partial charge in [0, 0.05) is 19.4 Å². The SMILES string of the molecule is Cc1ccc(F)cc1Cn1ccn(C)c1=O. The molecule has 0 bridgehead atoms. The standard InChI is InChI=1S/C12H13FN2O/c1-9-3-4-11(13)7-10(9)8-15-6-5-14(2)12(15)16/h3-7H,8H2,1-2H3. The van der Waals surface area contributed by atoms with Crippen LogP contribution in [0, 0.1) is 12.7 Å². The highest BCUT2D eigenvalue weighted by molar-refractivity contribution is 5.26. The van der Waals surface area contributed by atoms with Crippen molar-refractivity contribution in [3.05, 3.63) is 58.0 Å². The van der Waals surface area contributed by atoms with Crippen LogP contribution >= 0.6 is 0 Å². The van der Waals surface area contributed by atoms with Crippen LogP contribution in [0.25, 0.3) is 0 Å². The Morgan fingerprint density at radius 3 is 2.69 bits per heavy atom. The lowest BCUT2D eigenvalue weighted by atomic mass is 10.1. The molecule has 3 nitrogen and oxygen atoms in total. The van der Waals surface area contributed by atoms with Crippen LogP contribution in [0.3, 0.4) is 0 Å². The average Bonchev–Trinajstić information content (AvgIpc) is 2.55. The van der Waals surface area contributed by atoms with Crippen LogP contribution in [0.2, 0.25) is 0 Å². The molecule has 4 heteroatoms. The van der Waals surface area contributed by atoms with Gasteiger partial charge < -0.3 is 4.57 Å². The average molecular weight is 220 g/mol. The molecule has 0 atom stereocenters. The molecule has 1 aromatic heterocycles. The number of imidazole rings is 1. The third-order valence-corrected chi connectivity index (χ3v) is 2.67. The Balaban J connectivity index is 2.37. The number of aryl methyl sites for hydroxylation is 2. The second-order valence-electron chi connectivity index (χ2n) is 3.89. The van der Waals surface area contributed by atoms with E-state index < -0.39 is 0 Å². The zero-order valence-corrected chi connectivity index (χ0v) is 9.27. The fourth-order valence-corrected chi connectivity index (χ4v) is 1.62. The van der Waals surface area contributed by atoms with Gasteiger partial charge in [-0.05, 0) is 30.2 Å². The van der Waals surface area contributed by atoms with Gasteiger partial charge in [-0.25, -0.2) is 9.18 Å². The summed E-state index contributed by atoms with van der Waals surface area (Å²) in [5.74, 6) is -0.274. The van der Waals surface area contributed by atoms with E-state index >= 15 is 0 Å². The van der Waals surface area contributed by atoms with E-state index in [2.05, 4.69) is 0 Å². The minimum Gasteiger partial charge on any atom is -0.302 e. The smallest absolute Gasteiger partial charge is 0.302 e. The number of aromatic nitrogens is 2. The molecule has 1 heterocycles. The van der Waals surface area contributed by atoms with Crippen molar-refractivity contribution in [1.82, 2.24) is 9.13 Å². The van der Waals surface area contributed by atoms with Gasteiger partial charge in [0.15, 0.2) is 0 Å². The van der Waals surface area contributed by atoms with Crippen molar-refractivity contribution in [1.29, 1.82) is 0 Å². The molecule has 0 aliphatic rings. The van der Waals surface area contributed by atoms with Gasteiger partial charge in [0.05, 0.1) is 6.54 Å². The third kappa shape index (κ3) is 1.91. The largest absolute Gasteiger partial charge is 0.328 e. The Labute approximate surface area is 92.8 Å². The van der Waals surface area contributed by atoms with E-state index in [1.54, 1.807) is 30.1 Å². The first-order valence-electron chi connectivity index (χ1n) is 5.05. The quantitative estimate of drug-likeness (QED) is 0.756. The summed E-state index contributed by atoms with van der Waals surface area (Å²) in [7, 11) is 1.69. The van der Waals surface area contributed by atoms with E-state index in [0.29, 0.717) is 6.54 Å². The maximum absolute atomic E-state index is 13.1. The molecule has 16 heavy (non-hydrogen) atoms. The van der Waals surface area contributed by atoms with Crippen molar-refractivity contribution >= 4 is 0 Å². The van der Waals surface area contributed by atoms with Crippen molar-refractivity contribution in [2.24, 2.45) is 7.05 Å². The number of halogens is 1. The monoisotopic (exact) mass is 220 g/mol. The lowest BCUT2D eigenvalue weighted by molar-refractivity contribution is 0.621. The predicted molar refractivity (Wildman–Crippen MR) is 59.9 cm³/mol. The number of rotatable bonds is 2. The maximum Gasteiger partial charge on any atom is 0.328 e. The molecule has 0 amide bonds. The number of hydrogen-bond donors (Lipinski definition) is 0. The normalized spacial score (nSPS) is 10.7. The Morgan fingerprint density at radius 1 is 1.31 bits per heavy atom. The van der Waals surface area contributed by atoms with Crippen LogP contribution in [-0.4, -0.2) is 9.13 Å². The van der Waals surface area contributed by atoms with Gasteiger partial charge in [-0.3, -0.25) is 4.57 Å². The zero-order chi connectivity index (χ0) is 11.7. The minimum atomic E-state index is -0.274. The molecule has 2 aromatic rings. The molecule has 0 aliphatic heterocycles. The van der Waals surface area contributed by atoms with E-state index in [1.165, 1.54) is 16.7 Å². The van der Waals surface area contributed by atoms with Gasteiger partial charge >= 0.3 is 5.69 Å². The Hall–Kier alpha value is -1.84. The maximum atomic E-state index is 13.1. The highest BCUT2D eigenvalue weighted by Crippen LogP contribution is 2.11. The second-order valence-corrected chi connectivity index (χ2v) is 3.89. The fraction of sp³-hybridized carbons (Fsp3) is 0.250. The number of hydrogen-bond acceptors (Lipinski definition) is 1. The van der Waals surface area contributed by atoms with Crippen LogP contribution in [0.5, 0.6) is 0 Å².